The number of nitrogens with one attached hydrogen (secondary N) is 1. The van der Waals surface area contributed by atoms with Crippen LogP contribution in [0.4, 0.5) is 5.69 Å². The molecule has 0 spiro atoms. The Kier molecular flexibility index (Phi) is 5.76. The molecule has 0 aromatic heterocycles. The van der Waals surface area contributed by atoms with Gasteiger partial charge >= 0.3 is 0 Å². The highest BCUT2D eigenvalue weighted by Gasteiger charge is 2.02. The van der Waals surface area contributed by atoms with Crippen molar-refractivity contribution >= 4 is 5.69 Å². The summed E-state index contributed by atoms with van der Waals surface area (Å²) in [5, 5.41) is 3.44. The fraction of sp³-hybridized carbons (Fsp3) is 0.571. The Morgan fingerprint density at radius 2 is 2.00 bits per heavy atom. The van der Waals surface area contributed by atoms with Crippen LogP contribution in [0.15, 0.2) is 18.2 Å². The summed E-state index contributed by atoms with van der Waals surface area (Å²) in [6.07, 6.45) is 3.76. The second-order valence-electron chi connectivity index (χ2n) is 4.07. The highest BCUT2D eigenvalue weighted by atomic mass is 16.5. The SMILES string of the molecule is CCCCCNc1ccc(C)cc1OCC. The second kappa shape index (κ2) is 7.15. The molecule has 1 aromatic rings. The van der Waals surface area contributed by atoms with E-state index in [2.05, 4.69) is 37.4 Å². The monoisotopic (exact) mass is 221 g/mol. The van der Waals surface area contributed by atoms with Gasteiger partial charge in [0.2, 0.25) is 0 Å². The zero-order valence-corrected chi connectivity index (χ0v) is 10.7. The minimum atomic E-state index is 0.715. The van der Waals surface area contributed by atoms with Gasteiger partial charge in [-0.1, -0.05) is 25.8 Å². The maximum absolute atomic E-state index is 5.61. The predicted molar refractivity (Wildman–Crippen MR) is 70.4 cm³/mol. The summed E-state index contributed by atoms with van der Waals surface area (Å²) in [6, 6.07) is 6.31. The first-order valence-corrected chi connectivity index (χ1v) is 6.25. The lowest BCUT2D eigenvalue weighted by Gasteiger charge is -2.12. The highest BCUT2D eigenvalue weighted by Crippen LogP contribution is 2.25. The van der Waals surface area contributed by atoms with E-state index in [1.54, 1.807) is 0 Å². The van der Waals surface area contributed by atoms with Crippen LogP contribution in [0.2, 0.25) is 0 Å². The molecule has 0 saturated heterocycles. The van der Waals surface area contributed by atoms with Crippen LogP contribution in [-0.4, -0.2) is 13.2 Å². The smallest absolute Gasteiger partial charge is 0.142 e. The molecule has 0 fully saturated rings. The van der Waals surface area contributed by atoms with E-state index >= 15 is 0 Å². The normalized spacial score (nSPS) is 10.2. The Morgan fingerprint density at radius 3 is 2.69 bits per heavy atom. The third-order valence-electron chi connectivity index (χ3n) is 2.53. The lowest BCUT2D eigenvalue weighted by atomic mass is 10.2. The first-order chi connectivity index (χ1) is 7.77. The lowest BCUT2D eigenvalue weighted by Crippen LogP contribution is -2.04. The molecule has 0 unspecified atom stereocenters. The van der Waals surface area contributed by atoms with Crippen molar-refractivity contribution in [2.45, 2.75) is 40.0 Å². The van der Waals surface area contributed by atoms with E-state index in [1.165, 1.54) is 24.8 Å². The number of aryl methyl sites for hydroxylation is 1. The van der Waals surface area contributed by atoms with E-state index in [1.807, 2.05) is 6.92 Å². The van der Waals surface area contributed by atoms with Gasteiger partial charge in [0.15, 0.2) is 0 Å². The first kappa shape index (κ1) is 12.9. The number of unbranched alkanes of at least 4 members (excludes halogenated alkanes) is 2. The van der Waals surface area contributed by atoms with Crippen LogP contribution in [0.25, 0.3) is 0 Å². The van der Waals surface area contributed by atoms with Crippen molar-refractivity contribution < 1.29 is 4.74 Å². The largest absolute Gasteiger partial charge is 0.492 e. The maximum atomic E-state index is 5.61. The number of benzene rings is 1. The molecule has 0 aliphatic carbocycles. The van der Waals surface area contributed by atoms with E-state index in [0.717, 1.165) is 18.0 Å². The highest BCUT2D eigenvalue weighted by molar-refractivity contribution is 5.57. The van der Waals surface area contributed by atoms with Crippen LogP contribution in [0.3, 0.4) is 0 Å². The predicted octanol–water partition coefficient (Wildman–Crippen LogP) is 4.00. The molecule has 0 radical (unpaired) electrons. The van der Waals surface area contributed by atoms with Crippen LogP contribution in [0.5, 0.6) is 5.75 Å². The van der Waals surface area contributed by atoms with E-state index in [-0.39, 0.29) is 0 Å². The van der Waals surface area contributed by atoms with Gasteiger partial charge in [0.1, 0.15) is 5.75 Å². The van der Waals surface area contributed by atoms with Crippen molar-refractivity contribution in [1.29, 1.82) is 0 Å². The van der Waals surface area contributed by atoms with Gasteiger partial charge in [-0.05, 0) is 38.0 Å². The molecule has 0 heterocycles. The number of rotatable bonds is 7. The van der Waals surface area contributed by atoms with Crippen LogP contribution in [-0.2, 0) is 0 Å². The molecule has 1 rings (SSSR count). The molecule has 16 heavy (non-hydrogen) atoms. The third-order valence-corrected chi connectivity index (χ3v) is 2.53. The van der Waals surface area contributed by atoms with Gasteiger partial charge in [-0.15, -0.1) is 0 Å². The lowest BCUT2D eigenvalue weighted by molar-refractivity contribution is 0.341. The molecule has 0 saturated carbocycles. The van der Waals surface area contributed by atoms with E-state index < -0.39 is 0 Å². The van der Waals surface area contributed by atoms with Gasteiger partial charge in [-0.2, -0.15) is 0 Å². The Hall–Kier alpha value is -1.18. The van der Waals surface area contributed by atoms with Gasteiger partial charge in [0, 0.05) is 6.54 Å². The van der Waals surface area contributed by atoms with Gasteiger partial charge in [0.05, 0.1) is 12.3 Å². The number of anilines is 1. The fourth-order valence-corrected chi connectivity index (χ4v) is 1.65. The Bertz CT molecular complexity index is 310. The summed E-state index contributed by atoms with van der Waals surface area (Å²) in [5.41, 5.74) is 2.35. The number of ether oxygens (including phenoxy) is 1. The molecule has 0 aliphatic heterocycles. The Morgan fingerprint density at radius 1 is 1.19 bits per heavy atom. The molecule has 0 bridgehead atoms. The average molecular weight is 221 g/mol. The van der Waals surface area contributed by atoms with Gasteiger partial charge < -0.3 is 10.1 Å². The van der Waals surface area contributed by atoms with E-state index in [9.17, 15) is 0 Å². The molecule has 0 aliphatic rings. The molecule has 2 heteroatoms. The summed E-state index contributed by atoms with van der Waals surface area (Å²) >= 11 is 0. The van der Waals surface area contributed by atoms with Crippen LogP contribution in [0.1, 0.15) is 38.7 Å². The van der Waals surface area contributed by atoms with Crippen LogP contribution < -0.4 is 10.1 Å². The summed E-state index contributed by atoms with van der Waals surface area (Å²) < 4.78 is 5.61. The molecular weight excluding hydrogens is 198 g/mol. The zero-order chi connectivity index (χ0) is 11.8. The molecule has 1 N–H and O–H groups in total. The molecule has 0 amide bonds. The van der Waals surface area contributed by atoms with Crippen molar-refractivity contribution in [3.8, 4) is 5.75 Å². The standard InChI is InChI=1S/C14H23NO/c1-4-6-7-10-15-13-9-8-12(3)11-14(13)16-5-2/h8-9,11,15H,4-7,10H2,1-3H3. The van der Waals surface area contributed by atoms with Crippen LogP contribution in [0, 0.1) is 6.92 Å². The topological polar surface area (TPSA) is 21.3 Å². The zero-order valence-electron chi connectivity index (χ0n) is 10.7. The molecule has 0 atom stereocenters. The maximum Gasteiger partial charge on any atom is 0.142 e. The second-order valence-corrected chi connectivity index (χ2v) is 4.07. The third kappa shape index (κ3) is 4.13. The minimum Gasteiger partial charge on any atom is -0.492 e. The summed E-state index contributed by atoms with van der Waals surface area (Å²) in [4.78, 5) is 0. The van der Waals surface area contributed by atoms with E-state index in [0.29, 0.717) is 6.61 Å². The van der Waals surface area contributed by atoms with Gasteiger partial charge in [-0.3, -0.25) is 0 Å². The van der Waals surface area contributed by atoms with Crippen molar-refractivity contribution in [2.24, 2.45) is 0 Å². The molecule has 1 aromatic carbocycles. The van der Waals surface area contributed by atoms with Crippen molar-refractivity contribution in [1.82, 2.24) is 0 Å². The van der Waals surface area contributed by atoms with Crippen LogP contribution >= 0.6 is 0 Å². The van der Waals surface area contributed by atoms with Crippen molar-refractivity contribution in [2.75, 3.05) is 18.5 Å². The molecule has 2 nitrogen and oxygen atoms in total. The summed E-state index contributed by atoms with van der Waals surface area (Å²) in [6.45, 7) is 8.06. The fourth-order valence-electron chi connectivity index (χ4n) is 1.65. The number of hydrogen-bond acceptors (Lipinski definition) is 2. The Balaban J connectivity index is 2.56. The molecular formula is C14H23NO. The summed E-state index contributed by atoms with van der Waals surface area (Å²) in [5.74, 6) is 0.971. The van der Waals surface area contributed by atoms with Crippen molar-refractivity contribution in [3.63, 3.8) is 0 Å². The number of hydrogen-bond donors (Lipinski definition) is 1. The molecule has 90 valence electrons. The minimum absolute atomic E-state index is 0.715. The average Bonchev–Trinajstić information content (AvgIpc) is 2.27. The van der Waals surface area contributed by atoms with Gasteiger partial charge in [0.25, 0.3) is 0 Å². The summed E-state index contributed by atoms with van der Waals surface area (Å²) in [7, 11) is 0. The first-order valence-electron chi connectivity index (χ1n) is 6.25. The Labute approximate surface area is 99.0 Å². The van der Waals surface area contributed by atoms with Crippen molar-refractivity contribution in [3.05, 3.63) is 23.8 Å². The quantitative estimate of drug-likeness (QED) is 0.703. The van der Waals surface area contributed by atoms with Gasteiger partial charge in [-0.25, -0.2) is 0 Å². The van der Waals surface area contributed by atoms with E-state index in [4.69, 9.17) is 4.74 Å².